The standard InChI is InChI=1S/C14H15ClF2O2/c1-19-12-8-10(2-3-11(12)15)13(18)9-4-6-14(16,17)7-5-9/h2-3,8-9H,4-7H2,1H3. The van der Waals surface area contributed by atoms with Gasteiger partial charge in [0.15, 0.2) is 5.78 Å². The minimum absolute atomic E-state index is 0.106. The van der Waals surface area contributed by atoms with Crippen LogP contribution in [0.5, 0.6) is 5.75 Å². The van der Waals surface area contributed by atoms with E-state index in [1.54, 1.807) is 18.2 Å². The Hall–Kier alpha value is -1.16. The molecular weight excluding hydrogens is 274 g/mol. The maximum absolute atomic E-state index is 13.1. The summed E-state index contributed by atoms with van der Waals surface area (Å²) >= 11 is 5.89. The average Bonchev–Trinajstić information content (AvgIpc) is 2.38. The van der Waals surface area contributed by atoms with Crippen LogP contribution in [-0.2, 0) is 0 Å². The van der Waals surface area contributed by atoms with Gasteiger partial charge in [0, 0.05) is 24.3 Å². The normalized spacial score (nSPS) is 19.2. The number of ketones is 1. The van der Waals surface area contributed by atoms with Gasteiger partial charge < -0.3 is 4.74 Å². The zero-order chi connectivity index (χ0) is 14.0. The van der Waals surface area contributed by atoms with Crippen LogP contribution >= 0.6 is 11.6 Å². The van der Waals surface area contributed by atoms with Gasteiger partial charge in [0.25, 0.3) is 0 Å². The molecule has 0 atom stereocenters. The summed E-state index contributed by atoms with van der Waals surface area (Å²) in [6.45, 7) is 0. The predicted molar refractivity (Wildman–Crippen MR) is 69.2 cm³/mol. The van der Waals surface area contributed by atoms with Crippen molar-refractivity contribution in [2.75, 3.05) is 7.11 Å². The minimum atomic E-state index is -2.62. The van der Waals surface area contributed by atoms with Crippen molar-refractivity contribution in [3.63, 3.8) is 0 Å². The number of ether oxygens (including phenoxy) is 1. The Labute approximate surface area is 115 Å². The smallest absolute Gasteiger partial charge is 0.248 e. The van der Waals surface area contributed by atoms with Crippen LogP contribution in [-0.4, -0.2) is 18.8 Å². The molecule has 0 N–H and O–H groups in total. The van der Waals surface area contributed by atoms with Crippen molar-refractivity contribution < 1.29 is 18.3 Å². The van der Waals surface area contributed by atoms with E-state index in [0.717, 1.165) is 0 Å². The van der Waals surface area contributed by atoms with E-state index < -0.39 is 5.92 Å². The first-order valence-electron chi connectivity index (χ1n) is 6.18. The highest BCUT2D eigenvalue weighted by Gasteiger charge is 2.37. The number of hydrogen-bond acceptors (Lipinski definition) is 2. The van der Waals surface area contributed by atoms with Crippen molar-refractivity contribution in [3.8, 4) is 5.75 Å². The summed E-state index contributed by atoms with van der Waals surface area (Å²) in [4.78, 5) is 12.2. The van der Waals surface area contributed by atoms with Crippen molar-refractivity contribution in [1.82, 2.24) is 0 Å². The number of Topliss-reactive ketones (excluding diaryl/α,β-unsaturated/α-hetero) is 1. The first-order chi connectivity index (χ1) is 8.93. The third kappa shape index (κ3) is 3.24. The second-order valence-electron chi connectivity index (χ2n) is 4.84. The Morgan fingerprint density at radius 3 is 2.58 bits per heavy atom. The van der Waals surface area contributed by atoms with Crippen molar-refractivity contribution in [2.24, 2.45) is 5.92 Å². The number of benzene rings is 1. The minimum Gasteiger partial charge on any atom is -0.495 e. The van der Waals surface area contributed by atoms with Crippen LogP contribution in [0.15, 0.2) is 18.2 Å². The molecule has 0 radical (unpaired) electrons. The number of hydrogen-bond donors (Lipinski definition) is 0. The molecule has 1 aliphatic carbocycles. The molecule has 0 heterocycles. The van der Waals surface area contributed by atoms with Crippen LogP contribution in [0.1, 0.15) is 36.0 Å². The van der Waals surface area contributed by atoms with Crippen LogP contribution < -0.4 is 4.74 Å². The first-order valence-corrected chi connectivity index (χ1v) is 6.56. The molecule has 19 heavy (non-hydrogen) atoms. The maximum atomic E-state index is 13.1. The Kier molecular flexibility index (Phi) is 4.09. The van der Waals surface area contributed by atoms with Crippen LogP contribution in [0.2, 0.25) is 5.02 Å². The third-order valence-electron chi connectivity index (χ3n) is 3.52. The fourth-order valence-corrected chi connectivity index (χ4v) is 2.55. The summed E-state index contributed by atoms with van der Waals surface area (Å²) in [5.41, 5.74) is 0.469. The largest absolute Gasteiger partial charge is 0.495 e. The lowest BCUT2D eigenvalue weighted by molar-refractivity contribution is -0.0424. The number of halogens is 3. The Balaban J connectivity index is 2.12. The molecule has 1 saturated carbocycles. The van der Waals surface area contributed by atoms with Crippen molar-refractivity contribution in [3.05, 3.63) is 28.8 Å². The summed E-state index contributed by atoms with van der Waals surface area (Å²) in [6.07, 6.45) is 0.0375. The second-order valence-corrected chi connectivity index (χ2v) is 5.25. The molecule has 0 amide bonds. The van der Waals surface area contributed by atoms with E-state index in [4.69, 9.17) is 16.3 Å². The van der Waals surface area contributed by atoms with Gasteiger partial charge in [-0.15, -0.1) is 0 Å². The molecule has 0 saturated heterocycles. The van der Waals surface area contributed by atoms with Gasteiger partial charge in [-0.1, -0.05) is 11.6 Å². The lowest BCUT2D eigenvalue weighted by Crippen LogP contribution is -2.28. The van der Waals surface area contributed by atoms with E-state index in [2.05, 4.69) is 0 Å². The van der Waals surface area contributed by atoms with Gasteiger partial charge in [-0.2, -0.15) is 0 Å². The summed E-state index contributed by atoms with van der Waals surface area (Å²) in [5, 5.41) is 0.425. The van der Waals surface area contributed by atoms with Crippen LogP contribution in [0, 0.1) is 5.92 Å². The topological polar surface area (TPSA) is 26.3 Å². The Morgan fingerprint density at radius 2 is 2.00 bits per heavy atom. The van der Waals surface area contributed by atoms with Gasteiger partial charge in [0.1, 0.15) is 5.75 Å². The third-order valence-corrected chi connectivity index (χ3v) is 3.84. The molecule has 1 aliphatic rings. The van der Waals surface area contributed by atoms with E-state index in [1.165, 1.54) is 7.11 Å². The molecular formula is C14H15ClF2O2. The van der Waals surface area contributed by atoms with Gasteiger partial charge in [-0.05, 0) is 31.0 Å². The van der Waals surface area contributed by atoms with E-state index in [1.807, 2.05) is 0 Å². The van der Waals surface area contributed by atoms with Gasteiger partial charge in [-0.25, -0.2) is 8.78 Å². The molecule has 0 spiro atoms. The molecule has 1 aromatic carbocycles. The van der Waals surface area contributed by atoms with Crippen molar-refractivity contribution in [2.45, 2.75) is 31.6 Å². The zero-order valence-corrected chi connectivity index (χ0v) is 11.3. The highest BCUT2D eigenvalue weighted by molar-refractivity contribution is 6.32. The van der Waals surface area contributed by atoms with Crippen LogP contribution in [0.4, 0.5) is 8.78 Å². The van der Waals surface area contributed by atoms with E-state index in [9.17, 15) is 13.6 Å². The van der Waals surface area contributed by atoms with Crippen molar-refractivity contribution in [1.29, 1.82) is 0 Å². The summed E-state index contributed by atoms with van der Waals surface area (Å²) in [5.74, 6) is -2.63. The van der Waals surface area contributed by atoms with Crippen LogP contribution in [0.3, 0.4) is 0 Å². The molecule has 2 nitrogen and oxygen atoms in total. The lowest BCUT2D eigenvalue weighted by atomic mass is 9.82. The SMILES string of the molecule is COc1cc(C(=O)C2CCC(F)(F)CC2)ccc1Cl. The molecule has 5 heteroatoms. The van der Waals surface area contributed by atoms with Gasteiger partial charge in [0.2, 0.25) is 5.92 Å². The van der Waals surface area contributed by atoms with E-state index >= 15 is 0 Å². The number of carbonyl (C=O) groups is 1. The number of rotatable bonds is 3. The van der Waals surface area contributed by atoms with Crippen molar-refractivity contribution >= 4 is 17.4 Å². The lowest BCUT2D eigenvalue weighted by Gasteiger charge is -2.27. The zero-order valence-electron chi connectivity index (χ0n) is 10.6. The molecule has 0 aromatic heterocycles. The number of methoxy groups -OCH3 is 1. The molecule has 0 bridgehead atoms. The molecule has 0 unspecified atom stereocenters. The maximum Gasteiger partial charge on any atom is 0.248 e. The first kappa shape index (κ1) is 14.3. The van der Waals surface area contributed by atoms with Gasteiger partial charge in [-0.3, -0.25) is 4.79 Å². The van der Waals surface area contributed by atoms with E-state index in [-0.39, 0.29) is 37.4 Å². The highest BCUT2D eigenvalue weighted by Crippen LogP contribution is 2.38. The van der Waals surface area contributed by atoms with Crippen LogP contribution in [0.25, 0.3) is 0 Å². The van der Waals surface area contributed by atoms with Gasteiger partial charge in [0.05, 0.1) is 12.1 Å². The summed E-state index contributed by atoms with van der Waals surface area (Å²) in [6, 6.07) is 4.77. The van der Waals surface area contributed by atoms with E-state index in [0.29, 0.717) is 16.3 Å². The van der Waals surface area contributed by atoms with Gasteiger partial charge >= 0.3 is 0 Å². The summed E-state index contributed by atoms with van der Waals surface area (Å²) < 4.78 is 31.2. The monoisotopic (exact) mass is 288 g/mol. The highest BCUT2D eigenvalue weighted by atomic mass is 35.5. The molecule has 1 aromatic rings. The fourth-order valence-electron chi connectivity index (χ4n) is 2.35. The predicted octanol–water partition coefficient (Wildman–Crippen LogP) is 4.36. The molecule has 1 fully saturated rings. The number of alkyl halides is 2. The second kappa shape index (κ2) is 5.45. The quantitative estimate of drug-likeness (QED) is 0.773. The number of carbonyl (C=O) groups excluding carboxylic acids is 1. The Bertz CT molecular complexity index is 478. The molecule has 2 rings (SSSR count). The Morgan fingerprint density at radius 1 is 1.37 bits per heavy atom. The summed E-state index contributed by atoms with van der Waals surface area (Å²) in [7, 11) is 1.47. The molecule has 0 aliphatic heterocycles. The fraction of sp³-hybridized carbons (Fsp3) is 0.500. The average molecular weight is 289 g/mol. The molecule has 104 valence electrons.